The first-order valence-electron chi connectivity index (χ1n) is 8.66. The molecule has 0 spiro atoms. The summed E-state index contributed by atoms with van der Waals surface area (Å²) in [5.74, 6) is 0.911. The van der Waals surface area contributed by atoms with Gasteiger partial charge >= 0.3 is 0 Å². The minimum absolute atomic E-state index is 0.902. The number of rotatable bonds is 1. The van der Waals surface area contributed by atoms with Crippen molar-refractivity contribution in [3.63, 3.8) is 0 Å². The molecule has 0 radical (unpaired) electrons. The van der Waals surface area contributed by atoms with Crippen LogP contribution in [-0.2, 0) is 0 Å². The molecule has 0 aliphatic heterocycles. The van der Waals surface area contributed by atoms with E-state index < -0.39 is 0 Å². The van der Waals surface area contributed by atoms with Gasteiger partial charge in [0.15, 0.2) is 0 Å². The van der Waals surface area contributed by atoms with E-state index in [1.807, 2.05) is 36.5 Å². The van der Waals surface area contributed by atoms with Gasteiger partial charge in [0.1, 0.15) is 17.0 Å². The highest BCUT2D eigenvalue weighted by molar-refractivity contribution is 6.17. The molecule has 3 aromatic carbocycles. The van der Waals surface area contributed by atoms with E-state index in [1.165, 1.54) is 10.8 Å². The van der Waals surface area contributed by atoms with Crippen LogP contribution in [0.5, 0.6) is 0 Å². The summed E-state index contributed by atoms with van der Waals surface area (Å²) in [6.45, 7) is 0. The van der Waals surface area contributed by atoms with E-state index in [2.05, 4.69) is 58.1 Å². The van der Waals surface area contributed by atoms with Gasteiger partial charge < -0.3 is 4.42 Å². The fourth-order valence-electron chi connectivity index (χ4n) is 3.92. The summed E-state index contributed by atoms with van der Waals surface area (Å²) in [6, 6.07) is 27.0. The van der Waals surface area contributed by atoms with Crippen LogP contribution in [0.1, 0.15) is 0 Å². The minimum atomic E-state index is 0.902. The molecule has 6 aromatic rings. The Morgan fingerprint density at radius 3 is 2.31 bits per heavy atom. The Hall–Kier alpha value is -3.59. The zero-order valence-electron chi connectivity index (χ0n) is 13.9. The normalized spacial score (nSPS) is 11.8. The first kappa shape index (κ1) is 13.7. The second kappa shape index (κ2) is 4.96. The highest BCUT2D eigenvalue weighted by atomic mass is 16.3. The first-order valence-corrected chi connectivity index (χ1v) is 8.66. The van der Waals surface area contributed by atoms with Gasteiger partial charge in [-0.05, 0) is 30.3 Å². The zero-order chi connectivity index (χ0) is 17.1. The van der Waals surface area contributed by atoms with E-state index >= 15 is 0 Å². The molecule has 3 heterocycles. The molecule has 0 amide bonds. The van der Waals surface area contributed by atoms with Gasteiger partial charge in [-0.15, -0.1) is 0 Å². The van der Waals surface area contributed by atoms with Crippen molar-refractivity contribution >= 4 is 43.7 Å². The third-order valence-corrected chi connectivity index (χ3v) is 5.05. The minimum Gasteiger partial charge on any atom is -0.456 e. The standard InChI is InChI=1S/C23H14N2O/c1-3-9-19-15(7-1)17-13-18-16-8-2-4-10-21(16)26-22(18)14-20(17)25(19)23-11-5-6-12-24-23/h1-14H. The summed E-state index contributed by atoms with van der Waals surface area (Å²) in [4.78, 5) is 4.58. The van der Waals surface area contributed by atoms with Crippen LogP contribution in [0.4, 0.5) is 0 Å². The van der Waals surface area contributed by atoms with Gasteiger partial charge in [0.2, 0.25) is 0 Å². The Morgan fingerprint density at radius 1 is 0.615 bits per heavy atom. The number of fused-ring (bicyclic) bond motifs is 6. The van der Waals surface area contributed by atoms with Gasteiger partial charge in [0.05, 0.1) is 11.0 Å². The summed E-state index contributed by atoms with van der Waals surface area (Å²) in [5, 5.41) is 4.74. The number of nitrogens with zero attached hydrogens (tertiary/aromatic N) is 2. The number of pyridine rings is 1. The summed E-state index contributed by atoms with van der Waals surface area (Å²) >= 11 is 0. The number of hydrogen-bond acceptors (Lipinski definition) is 2. The Balaban J connectivity index is 1.85. The number of para-hydroxylation sites is 2. The SMILES string of the molecule is c1ccc(-n2c3ccccc3c3cc4c(cc32)oc2ccccc24)nc1. The van der Waals surface area contributed by atoms with E-state index in [4.69, 9.17) is 4.42 Å². The average Bonchev–Trinajstić information content (AvgIpc) is 3.22. The lowest BCUT2D eigenvalue weighted by Crippen LogP contribution is -1.95. The molecule has 0 saturated carbocycles. The third-order valence-electron chi connectivity index (χ3n) is 5.05. The molecule has 0 fully saturated rings. The summed E-state index contributed by atoms with van der Waals surface area (Å²) < 4.78 is 8.32. The average molecular weight is 334 g/mol. The van der Waals surface area contributed by atoms with E-state index in [1.54, 1.807) is 0 Å². The lowest BCUT2D eigenvalue weighted by atomic mass is 10.1. The maximum Gasteiger partial charge on any atom is 0.137 e. The third kappa shape index (κ3) is 1.74. The predicted molar refractivity (Wildman–Crippen MR) is 106 cm³/mol. The maximum atomic E-state index is 6.11. The second-order valence-electron chi connectivity index (χ2n) is 6.50. The fourth-order valence-corrected chi connectivity index (χ4v) is 3.92. The molecule has 26 heavy (non-hydrogen) atoms. The highest BCUT2D eigenvalue weighted by Gasteiger charge is 2.16. The van der Waals surface area contributed by atoms with Crippen molar-refractivity contribution in [3.8, 4) is 5.82 Å². The van der Waals surface area contributed by atoms with Gasteiger partial charge in [0, 0.05) is 33.8 Å². The van der Waals surface area contributed by atoms with Crippen LogP contribution >= 0.6 is 0 Å². The molecule has 0 aliphatic carbocycles. The molecular formula is C23H14N2O. The van der Waals surface area contributed by atoms with Gasteiger partial charge in [-0.3, -0.25) is 4.57 Å². The summed E-state index contributed by atoms with van der Waals surface area (Å²) in [5.41, 5.74) is 4.08. The van der Waals surface area contributed by atoms with Gasteiger partial charge in [-0.2, -0.15) is 0 Å². The maximum absolute atomic E-state index is 6.11. The molecule has 0 saturated heterocycles. The highest BCUT2D eigenvalue weighted by Crippen LogP contribution is 2.37. The Bertz CT molecular complexity index is 1420. The Morgan fingerprint density at radius 2 is 1.42 bits per heavy atom. The lowest BCUT2D eigenvalue weighted by molar-refractivity contribution is 0.669. The van der Waals surface area contributed by atoms with Crippen LogP contribution in [0, 0.1) is 0 Å². The van der Waals surface area contributed by atoms with Crippen molar-refractivity contribution in [1.82, 2.24) is 9.55 Å². The smallest absolute Gasteiger partial charge is 0.137 e. The first-order chi connectivity index (χ1) is 12.9. The van der Waals surface area contributed by atoms with E-state index in [0.717, 1.165) is 38.8 Å². The lowest BCUT2D eigenvalue weighted by Gasteiger charge is -2.05. The van der Waals surface area contributed by atoms with Crippen molar-refractivity contribution < 1.29 is 4.42 Å². The topological polar surface area (TPSA) is 31.0 Å². The number of aromatic nitrogens is 2. The quantitative estimate of drug-likeness (QED) is 0.365. The monoisotopic (exact) mass is 334 g/mol. The molecule has 6 rings (SSSR count). The summed E-state index contributed by atoms with van der Waals surface area (Å²) in [7, 11) is 0. The van der Waals surface area contributed by atoms with E-state index in [9.17, 15) is 0 Å². The van der Waals surface area contributed by atoms with Crippen molar-refractivity contribution in [2.24, 2.45) is 0 Å². The predicted octanol–water partition coefficient (Wildman–Crippen LogP) is 6.08. The largest absolute Gasteiger partial charge is 0.456 e. The van der Waals surface area contributed by atoms with Crippen molar-refractivity contribution in [1.29, 1.82) is 0 Å². The van der Waals surface area contributed by atoms with Crippen LogP contribution in [0.3, 0.4) is 0 Å². The summed E-state index contributed by atoms with van der Waals surface area (Å²) in [6.07, 6.45) is 1.83. The van der Waals surface area contributed by atoms with E-state index in [0.29, 0.717) is 0 Å². The van der Waals surface area contributed by atoms with Crippen LogP contribution in [0.15, 0.2) is 89.5 Å². The molecule has 0 N–H and O–H groups in total. The second-order valence-corrected chi connectivity index (χ2v) is 6.50. The number of hydrogen-bond donors (Lipinski definition) is 0. The molecule has 0 atom stereocenters. The van der Waals surface area contributed by atoms with Crippen molar-refractivity contribution in [2.45, 2.75) is 0 Å². The number of furan rings is 1. The molecule has 3 heteroatoms. The zero-order valence-corrected chi connectivity index (χ0v) is 13.9. The molecule has 3 aromatic heterocycles. The number of benzene rings is 3. The van der Waals surface area contributed by atoms with Gasteiger partial charge in [-0.25, -0.2) is 4.98 Å². The molecule has 0 unspecified atom stereocenters. The van der Waals surface area contributed by atoms with Crippen LogP contribution in [0.2, 0.25) is 0 Å². The Labute approximate surface area is 149 Å². The van der Waals surface area contributed by atoms with Crippen molar-refractivity contribution in [3.05, 3.63) is 85.1 Å². The fraction of sp³-hybridized carbons (Fsp3) is 0. The molecule has 0 aliphatic rings. The van der Waals surface area contributed by atoms with Crippen LogP contribution in [0.25, 0.3) is 49.6 Å². The molecular weight excluding hydrogens is 320 g/mol. The Kier molecular flexibility index (Phi) is 2.61. The molecule has 0 bridgehead atoms. The van der Waals surface area contributed by atoms with Crippen molar-refractivity contribution in [2.75, 3.05) is 0 Å². The molecule has 3 nitrogen and oxygen atoms in total. The van der Waals surface area contributed by atoms with Gasteiger partial charge in [-0.1, -0.05) is 42.5 Å². The molecule has 122 valence electrons. The van der Waals surface area contributed by atoms with E-state index in [-0.39, 0.29) is 0 Å². The van der Waals surface area contributed by atoms with Crippen LogP contribution in [-0.4, -0.2) is 9.55 Å². The van der Waals surface area contributed by atoms with Gasteiger partial charge in [0.25, 0.3) is 0 Å². The van der Waals surface area contributed by atoms with Crippen LogP contribution < -0.4 is 0 Å².